The molecule has 12 heteroatoms. The molecule has 1 saturated heterocycles. The van der Waals surface area contributed by atoms with Gasteiger partial charge in [0.25, 0.3) is 15.7 Å². The monoisotopic (exact) mass is 526 g/mol. The topological polar surface area (TPSA) is 126 Å². The lowest BCUT2D eigenvalue weighted by Crippen LogP contribution is -2.50. The molecule has 3 rings (SSSR count). The summed E-state index contributed by atoms with van der Waals surface area (Å²) < 4.78 is 50.6. The van der Waals surface area contributed by atoms with Gasteiger partial charge in [0.15, 0.2) is 14.5 Å². The minimum atomic E-state index is -4.06. The molecule has 0 amide bonds. The van der Waals surface area contributed by atoms with Gasteiger partial charge >= 0.3 is 5.69 Å². The van der Waals surface area contributed by atoms with Crippen LogP contribution in [0.25, 0.3) is 0 Å². The molecule has 10 nitrogen and oxygen atoms in total. The highest BCUT2D eigenvalue weighted by Gasteiger charge is 2.51. The molecule has 1 aliphatic heterocycles. The Balaban J connectivity index is 1.94. The fourth-order valence-electron chi connectivity index (χ4n) is 3.53. The SMILES string of the molecule is CO[C@H]1C(O[Si](C)(C)C(C)(C)C)[C@@H](COS(=O)(=O)c2ccc(C)cc2)O[C@H]1n1ccc(=O)[nH]c1=O. The first-order valence-corrected chi connectivity index (χ1v) is 15.6. The summed E-state index contributed by atoms with van der Waals surface area (Å²) in [4.78, 5) is 26.3. The van der Waals surface area contributed by atoms with Crippen molar-refractivity contribution in [3.8, 4) is 0 Å². The smallest absolute Gasteiger partial charge is 0.330 e. The Morgan fingerprint density at radius 1 is 1.09 bits per heavy atom. The van der Waals surface area contributed by atoms with E-state index in [9.17, 15) is 18.0 Å². The molecule has 1 unspecified atom stereocenters. The van der Waals surface area contributed by atoms with Gasteiger partial charge < -0.3 is 13.9 Å². The summed E-state index contributed by atoms with van der Waals surface area (Å²) >= 11 is 0. The Labute approximate surface area is 206 Å². The number of hydrogen-bond acceptors (Lipinski definition) is 8. The summed E-state index contributed by atoms with van der Waals surface area (Å²) in [5.74, 6) is 0. The first-order chi connectivity index (χ1) is 16.2. The molecule has 0 radical (unpaired) electrons. The highest BCUT2D eigenvalue weighted by atomic mass is 32.2. The summed E-state index contributed by atoms with van der Waals surface area (Å²) in [7, 11) is -4.98. The Morgan fingerprint density at radius 2 is 1.71 bits per heavy atom. The van der Waals surface area contributed by atoms with Crippen LogP contribution in [-0.2, 0) is 28.2 Å². The maximum atomic E-state index is 12.8. The first-order valence-electron chi connectivity index (χ1n) is 11.3. The lowest BCUT2D eigenvalue weighted by molar-refractivity contribution is -0.0599. The lowest BCUT2D eigenvalue weighted by Gasteiger charge is -2.40. The average molecular weight is 527 g/mol. The number of aromatic nitrogens is 2. The molecule has 194 valence electrons. The second-order valence-corrected chi connectivity index (χ2v) is 16.5. The normalized spacial score (nSPS) is 23.5. The summed E-state index contributed by atoms with van der Waals surface area (Å²) in [6, 6.07) is 7.53. The van der Waals surface area contributed by atoms with Gasteiger partial charge in [-0.25, -0.2) is 4.79 Å². The number of nitrogens with one attached hydrogen (secondary N) is 1. The van der Waals surface area contributed by atoms with Crippen molar-refractivity contribution in [3.05, 3.63) is 62.9 Å². The number of rotatable bonds is 8. The molecule has 4 atom stereocenters. The van der Waals surface area contributed by atoms with E-state index >= 15 is 0 Å². The zero-order valence-electron chi connectivity index (χ0n) is 21.1. The maximum Gasteiger partial charge on any atom is 0.330 e. The van der Waals surface area contributed by atoms with Crippen molar-refractivity contribution < 1.29 is 26.5 Å². The van der Waals surface area contributed by atoms with E-state index in [-0.39, 0.29) is 16.5 Å². The number of H-pyrrole nitrogens is 1. The molecule has 2 aromatic rings. The molecular weight excluding hydrogens is 492 g/mol. The van der Waals surface area contributed by atoms with E-state index in [1.54, 1.807) is 12.1 Å². The molecule has 0 saturated carbocycles. The van der Waals surface area contributed by atoms with Gasteiger partial charge in [0.2, 0.25) is 0 Å². The highest BCUT2D eigenvalue weighted by molar-refractivity contribution is 7.86. The number of hydrogen-bond donors (Lipinski definition) is 1. The van der Waals surface area contributed by atoms with Crippen LogP contribution >= 0.6 is 0 Å². The van der Waals surface area contributed by atoms with E-state index < -0.39 is 54.2 Å². The van der Waals surface area contributed by atoms with Crippen LogP contribution in [-0.4, -0.2) is 58.3 Å². The lowest BCUT2D eigenvalue weighted by atomic mass is 10.1. The minimum Gasteiger partial charge on any atom is -0.408 e. The molecule has 1 aromatic carbocycles. The second kappa shape index (κ2) is 10.1. The molecule has 0 bridgehead atoms. The Morgan fingerprint density at radius 3 is 2.26 bits per heavy atom. The van der Waals surface area contributed by atoms with Gasteiger partial charge in [-0.15, -0.1) is 0 Å². The van der Waals surface area contributed by atoms with Crippen molar-refractivity contribution in [1.29, 1.82) is 0 Å². The molecule has 35 heavy (non-hydrogen) atoms. The number of ether oxygens (including phenoxy) is 2. The molecule has 1 N–H and O–H groups in total. The third kappa shape index (κ3) is 6.01. The van der Waals surface area contributed by atoms with Gasteiger partial charge in [-0.3, -0.25) is 18.5 Å². The van der Waals surface area contributed by atoms with Crippen LogP contribution < -0.4 is 11.2 Å². The molecule has 2 heterocycles. The standard InChI is InChI=1S/C23H34N2O8SSi/c1-15-8-10-16(11-9-15)34(28,29)31-14-17-19(33-35(6,7)23(2,3)4)20(30-5)21(32-17)25-13-12-18(26)24-22(25)27/h8-13,17,19-21H,14H2,1-7H3,(H,24,26,27)/t17-,19?,20+,21-/m1/s1. The van der Waals surface area contributed by atoms with Crippen LogP contribution in [0.4, 0.5) is 0 Å². The molecular formula is C23H34N2O8SSi. The van der Waals surface area contributed by atoms with Gasteiger partial charge in [0.1, 0.15) is 18.3 Å². The van der Waals surface area contributed by atoms with Crippen molar-refractivity contribution in [2.45, 2.75) is 75.3 Å². The summed E-state index contributed by atoms with van der Waals surface area (Å²) in [5.41, 5.74) is -0.302. The Kier molecular flexibility index (Phi) is 7.94. The van der Waals surface area contributed by atoms with Crippen molar-refractivity contribution in [3.63, 3.8) is 0 Å². The highest BCUT2D eigenvalue weighted by Crippen LogP contribution is 2.42. The third-order valence-corrected chi connectivity index (χ3v) is 12.4. The van der Waals surface area contributed by atoms with E-state index in [1.165, 1.54) is 36.1 Å². The van der Waals surface area contributed by atoms with Crippen molar-refractivity contribution in [2.75, 3.05) is 13.7 Å². The van der Waals surface area contributed by atoms with Crippen molar-refractivity contribution in [1.82, 2.24) is 9.55 Å². The summed E-state index contributed by atoms with van der Waals surface area (Å²) in [6.45, 7) is 11.9. The second-order valence-electron chi connectivity index (χ2n) is 10.2. The molecule has 0 aliphatic carbocycles. The van der Waals surface area contributed by atoms with Gasteiger partial charge in [-0.2, -0.15) is 8.42 Å². The average Bonchev–Trinajstić information content (AvgIpc) is 3.08. The predicted octanol–water partition coefficient (Wildman–Crippen LogP) is 2.55. The van der Waals surface area contributed by atoms with Crippen molar-refractivity contribution in [2.24, 2.45) is 0 Å². The largest absolute Gasteiger partial charge is 0.408 e. The van der Waals surface area contributed by atoms with E-state index in [0.29, 0.717) is 0 Å². The van der Waals surface area contributed by atoms with Gasteiger partial charge in [0, 0.05) is 19.4 Å². The number of nitrogens with zero attached hydrogens (tertiary/aromatic N) is 1. The van der Waals surface area contributed by atoms with E-state index in [2.05, 4.69) is 38.8 Å². The van der Waals surface area contributed by atoms with E-state index in [4.69, 9.17) is 18.1 Å². The number of aromatic amines is 1. The van der Waals surface area contributed by atoms with Gasteiger partial charge in [-0.05, 0) is 37.2 Å². The van der Waals surface area contributed by atoms with Crippen LogP contribution in [0.1, 0.15) is 32.6 Å². The zero-order chi connectivity index (χ0) is 26.2. The number of aryl methyl sites for hydroxylation is 1. The fourth-order valence-corrected chi connectivity index (χ4v) is 5.77. The quantitative estimate of drug-likeness (QED) is 0.411. The molecule has 1 fully saturated rings. The fraction of sp³-hybridized carbons (Fsp3) is 0.565. The van der Waals surface area contributed by atoms with E-state index in [1.807, 2.05) is 6.92 Å². The molecule has 1 aliphatic rings. The summed E-state index contributed by atoms with van der Waals surface area (Å²) in [6.07, 6.45) is -2.00. The zero-order valence-corrected chi connectivity index (χ0v) is 22.9. The Hall–Kier alpha value is -2.09. The van der Waals surface area contributed by atoms with Crippen LogP contribution in [0, 0.1) is 6.92 Å². The molecule has 0 spiro atoms. The maximum absolute atomic E-state index is 12.8. The minimum absolute atomic E-state index is 0.0275. The Bertz CT molecular complexity index is 1250. The first kappa shape index (κ1) is 27.5. The van der Waals surface area contributed by atoms with Crippen molar-refractivity contribution >= 4 is 18.4 Å². The van der Waals surface area contributed by atoms with Gasteiger partial charge in [0.05, 0.1) is 11.5 Å². The summed E-state index contributed by atoms with van der Waals surface area (Å²) in [5, 5.41) is -0.155. The van der Waals surface area contributed by atoms with Gasteiger partial charge in [-0.1, -0.05) is 38.5 Å². The van der Waals surface area contributed by atoms with Crippen LogP contribution in [0.3, 0.4) is 0 Å². The van der Waals surface area contributed by atoms with Crippen LogP contribution in [0.5, 0.6) is 0 Å². The number of methoxy groups -OCH3 is 1. The van der Waals surface area contributed by atoms with E-state index in [0.717, 1.165) is 5.56 Å². The predicted molar refractivity (Wildman–Crippen MR) is 132 cm³/mol. The van der Waals surface area contributed by atoms with Crippen LogP contribution in [0.2, 0.25) is 18.1 Å². The number of benzene rings is 1. The van der Waals surface area contributed by atoms with Crippen LogP contribution in [0.15, 0.2) is 51.0 Å². The third-order valence-electron chi connectivity index (χ3n) is 6.62. The molecule has 1 aromatic heterocycles.